The van der Waals surface area contributed by atoms with Crippen LogP contribution in [0.5, 0.6) is 0 Å². The molecule has 2 aromatic heterocycles. The summed E-state index contributed by atoms with van der Waals surface area (Å²) < 4.78 is 0. The first-order valence-electron chi connectivity index (χ1n) is 15.3. The number of benzene rings is 3. The maximum absolute atomic E-state index is 14.0. The van der Waals surface area contributed by atoms with E-state index in [1.807, 2.05) is 48.5 Å². The first kappa shape index (κ1) is 33.4. The van der Waals surface area contributed by atoms with Gasteiger partial charge in [0.2, 0.25) is 17.7 Å². The Morgan fingerprint density at radius 3 is 1.65 bits per heavy atom. The van der Waals surface area contributed by atoms with E-state index in [4.69, 9.17) is 10.8 Å². The van der Waals surface area contributed by atoms with Crippen LogP contribution in [0.15, 0.2) is 91.3 Å². The molecule has 0 saturated carbocycles. The summed E-state index contributed by atoms with van der Waals surface area (Å²) in [5, 5.41) is 28.1. The minimum absolute atomic E-state index is 0.0361. The zero-order valence-electron chi connectivity index (χ0n) is 25.8. The number of amides is 3. The van der Waals surface area contributed by atoms with Crippen molar-refractivity contribution in [1.82, 2.24) is 25.9 Å². The Balaban J connectivity index is 1.39. The Morgan fingerprint density at radius 1 is 0.604 bits per heavy atom. The van der Waals surface area contributed by atoms with Gasteiger partial charge < -0.3 is 41.9 Å². The van der Waals surface area contributed by atoms with Gasteiger partial charge in [0.25, 0.3) is 0 Å². The number of fused-ring (bicyclic) bond motifs is 2. The van der Waals surface area contributed by atoms with Crippen LogP contribution in [-0.2, 0) is 43.2 Å². The fourth-order valence-electron chi connectivity index (χ4n) is 5.62. The van der Waals surface area contributed by atoms with E-state index < -0.39 is 60.2 Å². The summed E-state index contributed by atoms with van der Waals surface area (Å²) >= 11 is 0. The van der Waals surface area contributed by atoms with Gasteiger partial charge in [-0.3, -0.25) is 19.2 Å². The minimum atomic E-state index is -1.73. The SMILES string of the molecule is NC(Cc1c[nH]c2ccccc12)C(=O)NC(Cc1c[nH]c2ccccc12)C(=O)NC(Cc1ccccc1)C(=O)NC(CC(=O)O)C(=O)O. The number of aromatic nitrogens is 2. The Morgan fingerprint density at radius 2 is 1.08 bits per heavy atom. The largest absolute Gasteiger partial charge is 0.481 e. The Kier molecular flexibility index (Phi) is 10.5. The lowest BCUT2D eigenvalue weighted by atomic mass is 10.0. The number of hydrogen-bond donors (Lipinski definition) is 8. The smallest absolute Gasteiger partial charge is 0.326 e. The molecule has 0 aliphatic rings. The van der Waals surface area contributed by atoms with Gasteiger partial charge in [-0.15, -0.1) is 0 Å². The van der Waals surface area contributed by atoms with Gasteiger partial charge >= 0.3 is 11.9 Å². The molecular formula is C35H36N6O7. The van der Waals surface area contributed by atoms with Gasteiger partial charge in [-0.05, 0) is 35.2 Å². The monoisotopic (exact) mass is 652 g/mol. The van der Waals surface area contributed by atoms with Crippen molar-refractivity contribution in [3.8, 4) is 0 Å². The van der Waals surface area contributed by atoms with Gasteiger partial charge in [-0.25, -0.2) is 4.79 Å². The van der Waals surface area contributed by atoms with Crippen molar-refractivity contribution in [2.45, 2.75) is 49.9 Å². The summed E-state index contributed by atoms with van der Waals surface area (Å²) in [5.41, 5.74) is 10.3. The molecule has 5 rings (SSSR count). The van der Waals surface area contributed by atoms with E-state index in [2.05, 4.69) is 25.9 Å². The summed E-state index contributed by atoms with van der Waals surface area (Å²) in [6, 6.07) is 18.5. The zero-order chi connectivity index (χ0) is 34.2. The molecule has 0 fully saturated rings. The second-order valence-electron chi connectivity index (χ2n) is 11.5. The van der Waals surface area contributed by atoms with Crippen molar-refractivity contribution in [2.24, 2.45) is 5.73 Å². The molecule has 5 aromatic rings. The number of hydrogen-bond acceptors (Lipinski definition) is 6. The zero-order valence-corrected chi connectivity index (χ0v) is 25.8. The normalized spacial score (nSPS) is 13.7. The molecule has 3 amide bonds. The molecule has 13 heteroatoms. The molecule has 2 heterocycles. The number of rotatable bonds is 15. The number of carbonyl (C=O) groups excluding carboxylic acids is 3. The summed E-state index contributed by atoms with van der Waals surface area (Å²) in [4.78, 5) is 70.2. The minimum Gasteiger partial charge on any atom is -0.481 e. The predicted molar refractivity (Wildman–Crippen MR) is 178 cm³/mol. The first-order valence-corrected chi connectivity index (χ1v) is 15.3. The highest BCUT2D eigenvalue weighted by atomic mass is 16.4. The van der Waals surface area contributed by atoms with Crippen LogP contribution in [0, 0.1) is 0 Å². The Labute approximate surface area is 274 Å². The average Bonchev–Trinajstić information content (AvgIpc) is 3.67. The molecule has 0 aliphatic carbocycles. The number of nitrogens with two attached hydrogens (primary N) is 1. The molecule has 13 nitrogen and oxygen atoms in total. The van der Waals surface area contributed by atoms with Crippen LogP contribution < -0.4 is 21.7 Å². The molecule has 0 spiro atoms. The van der Waals surface area contributed by atoms with Gasteiger partial charge in [0.05, 0.1) is 12.5 Å². The third kappa shape index (κ3) is 8.25. The lowest BCUT2D eigenvalue weighted by Gasteiger charge is -2.25. The molecule has 4 atom stereocenters. The number of aliphatic carboxylic acids is 2. The predicted octanol–water partition coefficient (Wildman–Crippen LogP) is 2.02. The van der Waals surface area contributed by atoms with Gasteiger partial charge in [-0.1, -0.05) is 66.7 Å². The Hall–Kier alpha value is -5.95. The molecule has 0 radical (unpaired) electrons. The number of carboxylic acid groups (broad SMARTS) is 2. The average molecular weight is 653 g/mol. The van der Waals surface area contributed by atoms with Crippen LogP contribution in [0.1, 0.15) is 23.1 Å². The quantitative estimate of drug-likeness (QED) is 0.0834. The molecule has 0 aliphatic heterocycles. The van der Waals surface area contributed by atoms with Crippen LogP contribution in [0.25, 0.3) is 21.8 Å². The summed E-state index contributed by atoms with van der Waals surface area (Å²) in [6.45, 7) is 0. The van der Waals surface area contributed by atoms with Crippen molar-refractivity contribution in [1.29, 1.82) is 0 Å². The highest BCUT2D eigenvalue weighted by molar-refractivity contribution is 5.96. The molecule has 3 aromatic carbocycles. The van der Waals surface area contributed by atoms with Crippen molar-refractivity contribution in [3.63, 3.8) is 0 Å². The third-order valence-electron chi connectivity index (χ3n) is 8.09. The number of para-hydroxylation sites is 2. The van der Waals surface area contributed by atoms with E-state index in [1.54, 1.807) is 42.7 Å². The van der Waals surface area contributed by atoms with E-state index in [-0.39, 0.29) is 19.3 Å². The molecule has 48 heavy (non-hydrogen) atoms. The van der Waals surface area contributed by atoms with E-state index in [0.717, 1.165) is 32.9 Å². The van der Waals surface area contributed by atoms with Crippen molar-refractivity contribution in [2.75, 3.05) is 0 Å². The second kappa shape index (κ2) is 15.1. The molecule has 4 unspecified atom stereocenters. The van der Waals surface area contributed by atoms with Crippen LogP contribution >= 0.6 is 0 Å². The summed E-state index contributed by atoms with van der Waals surface area (Å²) in [7, 11) is 0. The molecule has 0 bridgehead atoms. The Bertz CT molecular complexity index is 1940. The fourth-order valence-corrected chi connectivity index (χ4v) is 5.62. The van der Waals surface area contributed by atoms with E-state index in [9.17, 15) is 29.1 Å². The van der Waals surface area contributed by atoms with E-state index >= 15 is 0 Å². The highest BCUT2D eigenvalue weighted by Crippen LogP contribution is 2.21. The van der Waals surface area contributed by atoms with Crippen molar-refractivity contribution in [3.05, 3.63) is 108 Å². The maximum Gasteiger partial charge on any atom is 0.326 e. The van der Waals surface area contributed by atoms with E-state index in [0.29, 0.717) is 5.56 Å². The lowest BCUT2D eigenvalue weighted by Crippen LogP contribution is -2.58. The van der Waals surface area contributed by atoms with Crippen LogP contribution in [0.4, 0.5) is 0 Å². The molecule has 9 N–H and O–H groups in total. The summed E-state index contributed by atoms with van der Waals surface area (Å²) in [6.07, 6.45) is 2.86. The number of nitrogens with one attached hydrogen (secondary N) is 5. The van der Waals surface area contributed by atoms with Gasteiger partial charge in [0.15, 0.2) is 0 Å². The standard InChI is InChI=1S/C35H36N6O7/c36-25(15-21-18-37-26-12-6-4-10-23(21)26)32(44)39-29(16-22-19-38-27-13-7-5-11-24(22)27)34(46)40-28(14-20-8-2-1-3-9-20)33(45)41-30(35(47)48)17-31(42)43/h1-13,18-19,25,28-30,37-38H,14-17,36H2,(H,39,44)(H,40,46)(H,41,45)(H,42,43)(H,47,48). The maximum atomic E-state index is 14.0. The van der Waals surface area contributed by atoms with Crippen LogP contribution in [0.2, 0.25) is 0 Å². The van der Waals surface area contributed by atoms with Crippen molar-refractivity contribution >= 4 is 51.5 Å². The first-order chi connectivity index (χ1) is 23.1. The number of aromatic amines is 2. The molecular weight excluding hydrogens is 616 g/mol. The lowest BCUT2D eigenvalue weighted by molar-refractivity contribution is -0.147. The van der Waals surface area contributed by atoms with E-state index in [1.165, 1.54) is 0 Å². The van der Waals surface area contributed by atoms with Gasteiger partial charge in [0.1, 0.15) is 18.1 Å². The molecule has 0 saturated heterocycles. The number of carboxylic acids is 2. The van der Waals surface area contributed by atoms with Crippen LogP contribution in [0.3, 0.4) is 0 Å². The topological polar surface area (TPSA) is 219 Å². The number of H-pyrrole nitrogens is 2. The van der Waals surface area contributed by atoms with Gasteiger partial charge in [0, 0.05) is 47.0 Å². The van der Waals surface area contributed by atoms with Crippen LogP contribution in [-0.4, -0.2) is 74.0 Å². The molecule has 248 valence electrons. The van der Waals surface area contributed by atoms with Crippen molar-refractivity contribution < 1.29 is 34.2 Å². The highest BCUT2D eigenvalue weighted by Gasteiger charge is 2.32. The fraction of sp³-hybridized carbons (Fsp3) is 0.229. The second-order valence-corrected chi connectivity index (χ2v) is 11.5. The summed E-state index contributed by atoms with van der Waals surface area (Å²) in [5.74, 6) is -5.15. The number of carbonyl (C=O) groups is 5. The third-order valence-corrected chi connectivity index (χ3v) is 8.09. The van der Waals surface area contributed by atoms with Gasteiger partial charge in [-0.2, -0.15) is 0 Å².